The fourth-order valence-electron chi connectivity index (χ4n) is 7.31. The van der Waals surface area contributed by atoms with Gasteiger partial charge < -0.3 is 79.3 Å². The third kappa shape index (κ3) is 20.3. The van der Waals surface area contributed by atoms with Crippen molar-refractivity contribution in [2.24, 2.45) is 0 Å². The maximum Gasteiger partial charge on any atom is 0.245 e. The van der Waals surface area contributed by atoms with Crippen molar-refractivity contribution in [3.63, 3.8) is 0 Å². The van der Waals surface area contributed by atoms with Gasteiger partial charge in [0.2, 0.25) is 88.6 Å². The molecule has 77 heavy (non-hydrogen) atoms. The second-order valence-corrected chi connectivity index (χ2v) is 19.2. The summed E-state index contributed by atoms with van der Waals surface area (Å²) in [5.41, 5.74) is 0. The van der Waals surface area contributed by atoms with Crippen LogP contribution in [-0.4, -0.2) is 192 Å². The van der Waals surface area contributed by atoms with Crippen molar-refractivity contribution in [2.45, 2.75) is 193 Å². The van der Waals surface area contributed by atoms with Gasteiger partial charge in [-0.2, -0.15) is 0 Å². The summed E-state index contributed by atoms with van der Waals surface area (Å²) < 4.78 is 0. The fraction of sp³-hybridized carbons (Fsp3) is 0.681. The van der Waals surface area contributed by atoms with Gasteiger partial charge >= 0.3 is 0 Å². The zero-order valence-electron chi connectivity index (χ0n) is 45.7. The van der Waals surface area contributed by atoms with E-state index in [1.807, 2.05) is 0 Å². The van der Waals surface area contributed by atoms with Crippen LogP contribution in [0.3, 0.4) is 0 Å². The lowest BCUT2D eigenvalue weighted by atomic mass is 10.1. The van der Waals surface area contributed by atoms with E-state index in [1.165, 1.54) is 95.0 Å². The zero-order valence-corrected chi connectivity index (χ0v) is 45.7. The first-order chi connectivity index (χ1) is 35.8. The molecule has 1 unspecified atom stereocenters. The molecule has 2 heterocycles. The van der Waals surface area contributed by atoms with Gasteiger partial charge in [0, 0.05) is 20.0 Å². The summed E-state index contributed by atoms with van der Waals surface area (Å²) in [6.07, 6.45) is 0.0957. The van der Waals surface area contributed by atoms with Crippen LogP contribution >= 0.6 is 0 Å². The summed E-state index contributed by atoms with van der Waals surface area (Å²) in [6, 6.07) is -17.7. The number of carbonyl (C=O) groups excluding carboxylic acids is 15. The molecule has 2 saturated heterocycles. The molecular weight excluding hydrogens is 1010 g/mol. The Kier molecular flexibility index (Phi) is 25.4. The van der Waals surface area contributed by atoms with Gasteiger partial charge in [-0.05, 0) is 102 Å². The summed E-state index contributed by atoms with van der Waals surface area (Å²) in [7, 11) is 1.35. The van der Waals surface area contributed by atoms with E-state index in [1.54, 1.807) is 0 Å². The van der Waals surface area contributed by atoms with Gasteiger partial charge in [-0.1, -0.05) is 0 Å². The predicted octanol–water partition coefficient (Wildman–Crippen LogP) is -6.94. The summed E-state index contributed by atoms with van der Waals surface area (Å²) in [6.45, 7) is 15.8. The zero-order chi connectivity index (χ0) is 58.8. The second kappa shape index (κ2) is 30.0. The van der Waals surface area contributed by atoms with Gasteiger partial charge in [0.1, 0.15) is 84.6 Å². The molecule has 0 bridgehead atoms. The molecule has 14 N–H and O–H groups in total. The largest absolute Gasteiger partial charge is 0.359 e. The first-order valence-electron chi connectivity index (χ1n) is 25.3. The number of hydrogen-bond acceptors (Lipinski definition) is 15. The predicted molar refractivity (Wildman–Crippen MR) is 271 cm³/mol. The normalized spacial score (nSPS) is 31.8. The standard InChI is InChI=1S/C47H77N15O15/c1-19-35(65)52-22(4)39(69)56-26(8)43(73)60-30(12)47(77)62-18-14-15-32(62)46(76)59-28(10)42(72)55-24(6)38(68)51-21(3)36(66)53-25(7)40(70)57-29(11)44(74)61-31(16-17-33(63)48-13)45(75)58-27(9)41(71)54-23(5)37(67)50-20(2)34(64)49-19/h19-32H,14-18H2,1-13H3,(H,48,63)(H,49,64)(H,50,67)(H,51,68)(H,52,65)(H,53,66)(H,54,71)(H,55,72)(H,56,69)(H,57,70)(H,58,75)(H,59,76)(H,60,73)(H,61,74)/t19-,20-,21-,22-,23?,24-,25-,26-,27-,28-,29-,30-,31-,32-/m0/s1. The number of carbonyl (C=O) groups is 15. The van der Waals surface area contributed by atoms with Crippen LogP contribution in [0.15, 0.2) is 0 Å². The Balaban J connectivity index is 2.33. The van der Waals surface area contributed by atoms with Gasteiger partial charge in [0.05, 0.1) is 0 Å². The van der Waals surface area contributed by atoms with E-state index >= 15 is 0 Å². The van der Waals surface area contributed by atoms with Crippen LogP contribution in [0.1, 0.15) is 109 Å². The minimum Gasteiger partial charge on any atom is -0.359 e. The molecule has 2 fully saturated rings. The SMILES string of the molecule is CNC(=O)CC[C@@H]1NC(=O)[C@H](C)NC(=O)[C@H](C)NC(=O)[C@H](C)NC(=O)[C@H](C)NC(=O)[C@H](C)NC(=O)[C@@H]2CCCN2C(=O)[C@H](C)NC(=O)[C@H](C)NC(=O)[C@H](C)NC(=O)[C@H](C)NC(=O)[C@H](C)NC(=O)C(C)NC(=O)[C@H](C)NC1=O. The summed E-state index contributed by atoms with van der Waals surface area (Å²) in [5.74, 6) is -11.9. The minimum absolute atomic E-state index is 0.138. The third-order valence-electron chi connectivity index (χ3n) is 12.4. The molecule has 0 spiro atoms. The molecule has 0 radical (unpaired) electrons. The van der Waals surface area contributed by atoms with Crippen LogP contribution in [0.25, 0.3) is 0 Å². The van der Waals surface area contributed by atoms with Crippen molar-refractivity contribution >= 4 is 88.6 Å². The van der Waals surface area contributed by atoms with Crippen LogP contribution in [-0.2, 0) is 71.9 Å². The molecule has 14 atom stereocenters. The minimum atomic E-state index is -1.44. The lowest BCUT2D eigenvalue weighted by Crippen LogP contribution is -2.59. The molecule has 0 aromatic rings. The number of amides is 15. The van der Waals surface area contributed by atoms with Gasteiger partial charge in [0.25, 0.3) is 0 Å². The molecule has 2 rings (SSSR count). The Hall–Kier alpha value is -7.95. The summed E-state index contributed by atoms with van der Waals surface area (Å²) >= 11 is 0. The smallest absolute Gasteiger partial charge is 0.245 e. The van der Waals surface area contributed by atoms with Gasteiger partial charge in [-0.25, -0.2) is 0 Å². The molecule has 15 amide bonds. The number of nitrogens with zero attached hydrogens (tertiary/aromatic N) is 1. The maximum atomic E-state index is 13.5. The van der Waals surface area contributed by atoms with Crippen LogP contribution in [0.4, 0.5) is 0 Å². The quantitative estimate of drug-likeness (QED) is 0.125. The molecule has 0 aliphatic carbocycles. The Morgan fingerprint density at radius 1 is 0.364 bits per heavy atom. The average molecular weight is 1090 g/mol. The van der Waals surface area contributed by atoms with E-state index in [2.05, 4.69) is 74.4 Å². The molecule has 30 heteroatoms. The molecule has 0 saturated carbocycles. The van der Waals surface area contributed by atoms with Crippen molar-refractivity contribution in [3.05, 3.63) is 0 Å². The first kappa shape index (κ1) is 65.2. The van der Waals surface area contributed by atoms with E-state index in [9.17, 15) is 71.9 Å². The van der Waals surface area contributed by atoms with E-state index in [-0.39, 0.29) is 25.8 Å². The highest BCUT2D eigenvalue weighted by Crippen LogP contribution is 2.19. The lowest BCUT2D eigenvalue weighted by molar-refractivity contribution is -0.142. The summed E-state index contributed by atoms with van der Waals surface area (Å²) in [5, 5.41) is 33.9. The Morgan fingerprint density at radius 2 is 0.597 bits per heavy atom. The highest BCUT2D eigenvalue weighted by molar-refractivity contribution is 6.00. The van der Waals surface area contributed by atoms with E-state index in [0.29, 0.717) is 6.42 Å². The summed E-state index contributed by atoms with van der Waals surface area (Å²) in [4.78, 5) is 198. The average Bonchev–Trinajstić information content (AvgIpc) is 3.86. The molecule has 2 aliphatic rings. The van der Waals surface area contributed by atoms with Crippen molar-refractivity contribution in [3.8, 4) is 0 Å². The monoisotopic (exact) mass is 1090 g/mol. The van der Waals surface area contributed by atoms with E-state index in [4.69, 9.17) is 0 Å². The van der Waals surface area contributed by atoms with E-state index in [0.717, 1.165) is 0 Å². The fourth-order valence-corrected chi connectivity index (χ4v) is 7.31. The first-order valence-corrected chi connectivity index (χ1v) is 25.3. The van der Waals surface area contributed by atoms with Crippen molar-refractivity contribution in [2.75, 3.05) is 13.6 Å². The Labute approximate surface area is 445 Å². The Morgan fingerprint density at radius 3 is 0.870 bits per heavy atom. The molecule has 2 aliphatic heterocycles. The Bertz CT molecular complexity index is 2280. The molecule has 30 nitrogen and oxygen atoms in total. The van der Waals surface area contributed by atoms with Crippen molar-refractivity contribution < 1.29 is 71.9 Å². The number of rotatable bonds is 3. The van der Waals surface area contributed by atoms with Crippen molar-refractivity contribution in [1.29, 1.82) is 0 Å². The molecule has 0 aromatic carbocycles. The highest BCUT2D eigenvalue weighted by atomic mass is 16.2. The molecule has 430 valence electrons. The third-order valence-corrected chi connectivity index (χ3v) is 12.4. The van der Waals surface area contributed by atoms with Gasteiger partial charge in [-0.15, -0.1) is 0 Å². The molecule has 0 aromatic heterocycles. The highest BCUT2D eigenvalue weighted by Gasteiger charge is 2.38. The lowest BCUT2D eigenvalue weighted by Gasteiger charge is -2.29. The van der Waals surface area contributed by atoms with Crippen LogP contribution in [0, 0.1) is 0 Å². The van der Waals surface area contributed by atoms with Crippen LogP contribution in [0.2, 0.25) is 0 Å². The molecular formula is C47H77N15O15. The van der Waals surface area contributed by atoms with Gasteiger partial charge in [0.15, 0.2) is 0 Å². The topological polar surface area (TPSA) is 428 Å². The van der Waals surface area contributed by atoms with Gasteiger partial charge in [-0.3, -0.25) is 71.9 Å². The second-order valence-electron chi connectivity index (χ2n) is 19.2. The number of nitrogens with one attached hydrogen (secondary N) is 14. The van der Waals surface area contributed by atoms with Crippen LogP contribution < -0.4 is 74.4 Å². The van der Waals surface area contributed by atoms with Crippen LogP contribution in [0.5, 0.6) is 0 Å². The van der Waals surface area contributed by atoms with Crippen molar-refractivity contribution in [1.82, 2.24) is 79.3 Å². The number of fused-ring (bicyclic) bond motifs is 1. The maximum absolute atomic E-state index is 13.5. The number of hydrogen-bond donors (Lipinski definition) is 14. The van der Waals surface area contributed by atoms with E-state index < -0.39 is 173 Å².